The van der Waals surface area contributed by atoms with Crippen molar-refractivity contribution >= 4 is 70.0 Å². The van der Waals surface area contributed by atoms with E-state index in [1.807, 2.05) is 0 Å². The van der Waals surface area contributed by atoms with E-state index in [2.05, 4.69) is 182 Å². The van der Waals surface area contributed by atoms with E-state index in [9.17, 15) is 0 Å². The van der Waals surface area contributed by atoms with E-state index in [1.165, 1.54) is 37.0 Å². The van der Waals surface area contributed by atoms with Gasteiger partial charge in [0.15, 0.2) is 0 Å². The van der Waals surface area contributed by atoms with Crippen LogP contribution in [-0.4, -0.2) is 48.6 Å². The summed E-state index contributed by atoms with van der Waals surface area (Å²) in [4.78, 5) is 8.36. The number of carboxylic acid groups (broad SMARTS) is 1. The molecule has 0 spiro atoms. The summed E-state index contributed by atoms with van der Waals surface area (Å²) in [5.74, 6) is 0. The van der Waals surface area contributed by atoms with Crippen molar-refractivity contribution in [1.29, 1.82) is 0 Å². The molecule has 0 bridgehead atoms. The molecule has 6 aromatic carbocycles. The number of carbonyl (C=O) groups is 1. The zero-order chi connectivity index (χ0) is 33.9. The Balaban J connectivity index is 0.00000136. The van der Waals surface area contributed by atoms with Crippen LogP contribution < -0.4 is 31.8 Å². The molecule has 2 nitrogen and oxygen atoms in total. The number of hydrogen-bond acceptors (Lipinski definition) is 1. The SMILES string of the molecule is O=CO.[Fe].c1ccc([PH+](CC[PH+](CC[PH+](c2ccccc2)c2ccccc2)CC[PH+](c2ccccc2)c2ccccc2)c2ccccc2)cc1. The summed E-state index contributed by atoms with van der Waals surface area (Å²) in [7, 11) is -3.10. The van der Waals surface area contributed by atoms with E-state index in [1.54, 1.807) is 31.8 Å². The molecule has 0 aliphatic heterocycles. The Morgan fingerprint density at radius 2 is 0.500 bits per heavy atom. The fourth-order valence-electron chi connectivity index (χ4n) is 6.48. The van der Waals surface area contributed by atoms with Gasteiger partial charge in [0, 0.05) is 25.0 Å². The van der Waals surface area contributed by atoms with Gasteiger partial charge in [-0.1, -0.05) is 109 Å². The standard InChI is InChI=1S/C42H42P4.CH2O2.Fe/c1-7-19-37(20-8-1)44(38-21-9-2-10-22-38)34-31-43(32-35-45(39-23-11-3-12-24-39)40-25-13-4-14-26-40)33-36-46(41-27-15-5-16-28-41)42-29-17-6-18-30-42;2-1-3;/h1-30H,31-36H2;1H,(H,2,3);/p+4. The first-order valence-electron chi connectivity index (χ1n) is 17.1. The zero-order valence-electron chi connectivity index (χ0n) is 28.3. The number of hydrogen-bond donors (Lipinski definition) is 1. The fraction of sp³-hybridized carbons (Fsp3) is 0.140. The van der Waals surface area contributed by atoms with Crippen molar-refractivity contribution in [3.63, 3.8) is 0 Å². The van der Waals surface area contributed by atoms with Crippen LogP contribution in [0.5, 0.6) is 0 Å². The molecule has 0 unspecified atom stereocenters. The van der Waals surface area contributed by atoms with Gasteiger partial charge in [0.2, 0.25) is 0 Å². The van der Waals surface area contributed by atoms with Crippen molar-refractivity contribution in [3.05, 3.63) is 182 Å². The fourth-order valence-corrected chi connectivity index (χ4v) is 20.8. The third-order valence-electron chi connectivity index (χ3n) is 8.92. The molecule has 0 aliphatic carbocycles. The van der Waals surface area contributed by atoms with Crippen molar-refractivity contribution in [3.8, 4) is 0 Å². The van der Waals surface area contributed by atoms with Crippen molar-refractivity contribution in [1.82, 2.24) is 0 Å². The predicted molar refractivity (Wildman–Crippen MR) is 228 cm³/mol. The van der Waals surface area contributed by atoms with E-state index in [4.69, 9.17) is 9.90 Å². The van der Waals surface area contributed by atoms with E-state index in [0.29, 0.717) is 0 Å². The second-order valence-electron chi connectivity index (χ2n) is 12.0. The van der Waals surface area contributed by atoms with Gasteiger partial charge in [-0.15, -0.1) is 0 Å². The number of benzene rings is 6. The summed E-state index contributed by atoms with van der Waals surface area (Å²) in [5, 5.41) is 16.2. The summed E-state index contributed by atoms with van der Waals surface area (Å²) in [6.45, 7) is -0.250. The zero-order valence-corrected chi connectivity index (χ0v) is 33.5. The second-order valence-corrected chi connectivity index (χ2v) is 22.8. The van der Waals surface area contributed by atoms with Crippen LogP contribution >= 0.6 is 31.7 Å². The molecule has 0 radical (unpaired) electrons. The summed E-state index contributed by atoms with van der Waals surface area (Å²) in [6, 6.07) is 68.4. The first kappa shape index (κ1) is 39.8. The van der Waals surface area contributed by atoms with Crippen LogP contribution in [0.2, 0.25) is 0 Å². The average Bonchev–Trinajstić information content (AvgIpc) is 3.17. The molecule has 0 saturated heterocycles. The van der Waals surface area contributed by atoms with Gasteiger partial charge in [0.05, 0.1) is 92.6 Å². The van der Waals surface area contributed by atoms with Crippen LogP contribution in [0.1, 0.15) is 0 Å². The van der Waals surface area contributed by atoms with E-state index in [0.717, 1.165) is 0 Å². The molecule has 0 saturated carbocycles. The minimum atomic E-state index is -0.835. The van der Waals surface area contributed by atoms with E-state index >= 15 is 0 Å². The second kappa shape index (κ2) is 22.8. The molecule has 256 valence electrons. The maximum absolute atomic E-state index is 8.36. The maximum Gasteiger partial charge on any atom is 0.290 e. The maximum atomic E-state index is 8.36. The molecule has 0 amide bonds. The molecule has 0 fully saturated rings. The molecule has 6 rings (SSSR count). The van der Waals surface area contributed by atoms with Crippen LogP contribution in [0.4, 0.5) is 0 Å². The predicted octanol–water partition coefficient (Wildman–Crippen LogP) is 7.49. The summed E-state index contributed by atoms with van der Waals surface area (Å²) < 4.78 is 0. The normalized spacial score (nSPS) is 10.8. The molecule has 6 aromatic rings. The average molecular weight is 777 g/mol. The Hall–Kier alpha value is -2.97. The first-order valence-corrected chi connectivity index (χ1v) is 24.3. The summed E-state index contributed by atoms with van der Waals surface area (Å²) in [6.07, 6.45) is 8.14. The van der Waals surface area contributed by atoms with Gasteiger partial charge in [-0.2, -0.15) is 0 Å². The Morgan fingerprint density at radius 3 is 0.660 bits per heavy atom. The summed E-state index contributed by atoms with van der Waals surface area (Å²) >= 11 is 0. The van der Waals surface area contributed by atoms with Crippen LogP contribution in [0.15, 0.2) is 182 Å². The molecular weight excluding hydrogens is 728 g/mol. The molecule has 0 atom stereocenters. The van der Waals surface area contributed by atoms with Crippen LogP contribution in [-0.2, 0) is 21.9 Å². The minimum absolute atomic E-state index is 0. The van der Waals surface area contributed by atoms with Crippen LogP contribution in [0.3, 0.4) is 0 Å². The first-order chi connectivity index (χ1) is 24.3. The Labute approximate surface area is 314 Å². The monoisotopic (exact) mass is 776 g/mol. The molecule has 0 aromatic heterocycles. The molecule has 7 heteroatoms. The smallest absolute Gasteiger partial charge is 0.290 e. The minimum Gasteiger partial charge on any atom is -0.483 e. The van der Waals surface area contributed by atoms with Gasteiger partial charge >= 0.3 is 0 Å². The van der Waals surface area contributed by atoms with Crippen molar-refractivity contribution in [2.24, 2.45) is 0 Å². The number of rotatable bonds is 15. The third-order valence-corrected chi connectivity index (χ3v) is 21.7. The van der Waals surface area contributed by atoms with E-state index < -0.39 is 31.7 Å². The summed E-state index contributed by atoms with van der Waals surface area (Å²) in [5.41, 5.74) is 0. The van der Waals surface area contributed by atoms with Gasteiger partial charge < -0.3 is 5.11 Å². The van der Waals surface area contributed by atoms with Gasteiger partial charge in [-0.05, 0) is 72.8 Å². The van der Waals surface area contributed by atoms with Gasteiger partial charge in [0.1, 0.15) is 0 Å². The largest absolute Gasteiger partial charge is 0.483 e. The Kier molecular flexibility index (Phi) is 18.1. The Morgan fingerprint density at radius 1 is 0.340 bits per heavy atom. The molecule has 0 aliphatic rings. The quantitative estimate of drug-likeness (QED) is 0.0668. The van der Waals surface area contributed by atoms with Crippen LogP contribution in [0.25, 0.3) is 0 Å². The van der Waals surface area contributed by atoms with Crippen molar-refractivity contribution < 1.29 is 27.0 Å². The van der Waals surface area contributed by atoms with Gasteiger partial charge in [0.25, 0.3) is 6.47 Å². The van der Waals surface area contributed by atoms with E-state index in [-0.39, 0.29) is 23.5 Å². The van der Waals surface area contributed by atoms with Gasteiger partial charge in [-0.25, -0.2) is 0 Å². The molecule has 0 heterocycles. The van der Waals surface area contributed by atoms with Crippen molar-refractivity contribution in [2.75, 3.05) is 37.0 Å². The van der Waals surface area contributed by atoms with Crippen molar-refractivity contribution in [2.45, 2.75) is 0 Å². The van der Waals surface area contributed by atoms with Gasteiger partial charge in [-0.3, -0.25) is 4.79 Å². The molecular formula is C43H48FeO2P4+4. The Bertz CT molecular complexity index is 1430. The topological polar surface area (TPSA) is 37.3 Å². The molecule has 1 N–H and O–H groups in total. The van der Waals surface area contributed by atoms with Crippen LogP contribution in [0, 0.1) is 0 Å². The molecule has 50 heavy (non-hydrogen) atoms. The third kappa shape index (κ3) is 12.4.